The van der Waals surface area contributed by atoms with Crippen molar-refractivity contribution in [3.05, 3.63) is 47.8 Å². The summed E-state index contributed by atoms with van der Waals surface area (Å²) in [5, 5.41) is 0. The third kappa shape index (κ3) is 1.54. The van der Waals surface area contributed by atoms with Gasteiger partial charge in [-0.2, -0.15) is 0 Å². The predicted octanol–water partition coefficient (Wildman–Crippen LogP) is 3.37. The molecule has 0 bridgehead atoms. The highest BCUT2D eigenvalue weighted by atomic mass is 16.5. The number of ether oxygens (including phenoxy) is 1. The van der Waals surface area contributed by atoms with Crippen molar-refractivity contribution < 1.29 is 4.74 Å². The molecule has 2 aliphatic rings. The fourth-order valence-electron chi connectivity index (χ4n) is 1.97. The van der Waals surface area contributed by atoms with Gasteiger partial charge in [0, 0.05) is 5.41 Å². The van der Waals surface area contributed by atoms with Crippen LogP contribution >= 0.6 is 0 Å². The largest absolute Gasteiger partial charge is 0.494 e. The van der Waals surface area contributed by atoms with E-state index in [0.29, 0.717) is 0 Å². The summed E-state index contributed by atoms with van der Waals surface area (Å²) in [5.41, 5.74) is 1.53. The Morgan fingerprint density at radius 2 is 2.29 bits per heavy atom. The summed E-state index contributed by atoms with van der Waals surface area (Å²) in [6, 6.07) is 0. The van der Waals surface area contributed by atoms with Gasteiger partial charge in [-0.05, 0) is 31.1 Å². The number of allylic oxidation sites excluding steroid dienone is 7. The van der Waals surface area contributed by atoms with E-state index in [2.05, 4.69) is 43.4 Å². The summed E-state index contributed by atoms with van der Waals surface area (Å²) in [4.78, 5) is 0. The zero-order chi connectivity index (χ0) is 10.0. The molecule has 1 heteroatoms. The van der Waals surface area contributed by atoms with Crippen LogP contribution in [0.1, 0.15) is 20.3 Å². The molecule has 0 saturated heterocycles. The quantitative estimate of drug-likeness (QED) is 0.645. The van der Waals surface area contributed by atoms with E-state index in [1.54, 1.807) is 0 Å². The summed E-state index contributed by atoms with van der Waals surface area (Å²) in [7, 11) is 0. The lowest BCUT2D eigenvalue weighted by Gasteiger charge is -2.31. The minimum atomic E-state index is 0.147. The molecule has 0 amide bonds. The molecule has 0 saturated carbocycles. The Balaban J connectivity index is 2.28. The highest BCUT2D eigenvalue weighted by molar-refractivity contribution is 5.44. The second kappa shape index (κ2) is 3.49. The first-order chi connectivity index (χ1) is 6.74. The zero-order valence-corrected chi connectivity index (χ0v) is 8.79. The van der Waals surface area contributed by atoms with E-state index >= 15 is 0 Å². The van der Waals surface area contributed by atoms with Crippen LogP contribution in [-0.4, -0.2) is 6.61 Å². The van der Waals surface area contributed by atoms with E-state index in [0.717, 1.165) is 18.8 Å². The van der Waals surface area contributed by atoms with Crippen molar-refractivity contribution in [3.8, 4) is 0 Å². The number of rotatable bonds is 2. The topological polar surface area (TPSA) is 9.23 Å². The van der Waals surface area contributed by atoms with Crippen LogP contribution in [-0.2, 0) is 4.74 Å². The number of hydrogen-bond acceptors (Lipinski definition) is 1. The van der Waals surface area contributed by atoms with Gasteiger partial charge in [-0.1, -0.05) is 31.2 Å². The van der Waals surface area contributed by atoms with Crippen LogP contribution in [0.25, 0.3) is 0 Å². The maximum atomic E-state index is 5.52. The van der Waals surface area contributed by atoms with Crippen LogP contribution in [0.5, 0.6) is 0 Å². The van der Waals surface area contributed by atoms with Crippen LogP contribution in [0.2, 0.25) is 0 Å². The molecule has 14 heavy (non-hydrogen) atoms. The van der Waals surface area contributed by atoms with E-state index in [1.165, 1.54) is 5.57 Å². The average Bonchev–Trinajstić information content (AvgIpc) is 2.17. The van der Waals surface area contributed by atoms with Gasteiger partial charge in [-0.25, -0.2) is 0 Å². The van der Waals surface area contributed by atoms with Crippen LogP contribution in [0.3, 0.4) is 0 Å². The van der Waals surface area contributed by atoms with Gasteiger partial charge in [-0.15, -0.1) is 0 Å². The van der Waals surface area contributed by atoms with Gasteiger partial charge in [0.2, 0.25) is 0 Å². The molecule has 0 N–H and O–H groups in total. The fraction of sp³-hybridized carbons (Fsp3) is 0.385. The van der Waals surface area contributed by atoms with Crippen LogP contribution in [0.15, 0.2) is 47.8 Å². The third-order valence-electron chi connectivity index (χ3n) is 2.81. The van der Waals surface area contributed by atoms with Crippen molar-refractivity contribution in [2.45, 2.75) is 20.3 Å². The minimum Gasteiger partial charge on any atom is -0.494 e. The number of fused-ring (bicyclic) bond motifs is 1. The highest BCUT2D eigenvalue weighted by Crippen LogP contribution is 2.40. The number of hydrogen-bond donors (Lipinski definition) is 0. The predicted molar refractivity (Wildman–Crippen MR) is 58.8 cm³/mol. The summed E-state index contributed by atoms with van der Waals surface area (Å²) in [6.07, 6.45) is 14.0. The molecular formula is C13H16O. The molecule has 0 radical (unpaired) electrons. The van der Waals surface area contributed by atoms with Crippen LogP contribution in [0.4, 0.5) is 0 Å². The van der Waals surface area contributed by atoms with Crippen molar-refractivity contribution in [1.82, 2.24) is 0 Å². The lowest BCUT2D eigenvalue weighted by atomic mass is 9.74. The summed E-state index contributed by atoms with van der Waals surface area (Å²) in [5.74, 6) is 1.00. The smallest absolute Gasteiger partial charge is 0.116 e. The summed E-state index contributed by atoms with van der Waals surface area (Å²) >= 11 is 0. The van der Waals surface area contributed by atoms with E-state index < -0.39 is 0 Å². The fourth-order valence-corrected chi connectivity index (χ4v) is 1.97. The van der Waals surface area contributed by atoms with Crippen molar-refractivity contribution >= 4 is 0 Å². The van der Waals surface area contributed by atoms with Crippen molar-refractivity contribution in [2.75, 3.05) is 6.61 Å². The van der Waals surface area contributed by atoms with E-state index in [-0.39, 0.29) is 5.41 Å². The van der Waals surface area contributed by atoms with Crippen molar-refractivity contribution in [2.24, 2.45) is 5.41 Å². The second-order valence-electron chi connectivity index (χ2n) is 3.98. The molecule has 0 aromatic heterocycles. The molecule has 0 aromatic carbocycles. The Bertz CT molecular complexity index is 344. The maximum absolute atomic E-state index is 5.52. The van der Waals surface area contributed by atoms with Gasteiger partial charge in [0.25, 0.3) is 0 Å². The van der Waals surface area contributed by atoms with Gasteiger partial charge in [-0.3, -0.25) is 0 Å². The van der Waals surface area contributed by atoms with Gasteiger partial charge in [0.1, 0.15) is 5.76 Å². The molecule has 0 heterocycles. The minimum absolute atomic E-state index is 0.147. The first-order valence-electron chi connectivity index (χ1n) is 5.16. The maximum Gasteiger partial charge on any atom is 0.116 e. The third-order valence-corrected chi connectivity index (χ3v) is 2.81. The van der Waals surface area contributed by atoms with Crippen LogP contribution in [0, 0.1) is 5.41 Å². The molecule has 0 aromatic rings. The molecule has 1 unspecified atom stereocenters. The Kier molecular flexibility index (Phi) is 2.32. The Morgan fingerprint density at radius 1 is 1.43 bits per heavy atom. The zero-order valence-electron chi connectivity index (χ0n) is 8.79. The monoisotopic (exact) mass is 188 g/mol. The molecule has 2 aliphatic carbocycles. The van der Waals surface area contributed by atoms with Gasteiger partial charge >= 0.3 is 0 Å². The van der Waals surface area contributed by atoms with E-state index in [9.17, 15) is 0 Å². The summed E-state index contributed by atoms with van der Waals surface area (Å²) in [6.45, 7) is 5.01. The molecule has 0 aliphatic heterocycles. The molecule has 1 atom stereocenters. The second-order valence-corrected chi connectivity index (χ2v) is 3.98. The SMILES string of the molecule is CCOC1=CC2(C)CC=CC=C2C=C1. The first-order valence-corrected chi connectivity index (χ1v) is 5.16. The molecular weight excluding hydrogens is 172 g/mol. The Hall–Kier alpha value is -1.24. The molecule has 0 fully saturated rings. The molecule has 74 valence electrons. The van der Waals surface area contributed by atoms with Crippen molar-refractivity contribution in [3.63, 3.8) is 0 Å². The Labute approximate surface area is 85.5 Å². The molecule has 0 spiro atoms. The standard InChI is InChI=1S/C13H16O/c1-3-14-12-8-7-11-6-4-5-9-13(11,2)10-12/h4-8,10H,3,9H2,1-2H3. The van der Waals surface area contributed by atoms with Gasteiger partial charge in [0.15, 0.2) is 0 Å². The highest BCUT2D eigenvalue weighted by Gasteiger charge is 2.28. The van der Waals surface area contributed by atoms with Gasteiger partial charge in [0.05, 0.1) is 6.61 Å². The van der Waals surface area contributed by atoms with Crippen molar-refractivity contribution in [1.29, 1.82) is 0 Å². The lowest BCUT2D eigenvalue weighted by Crippen LogP contribution is -2.20. The van der Waals surface area contributed by atoms with Gasteiger partial charge < -0.3 is 4.74 Å². The first kappa shape index (κ1) is 9.32. The Morgan fingerprint density at radius 3 is 3.07 bits per heavy atom. The lowest BCUT2D eigenvalue weighted by molar-refractivity contribution is 0.235. The molecule has 1 nitrogen and oxygen atoms in total. The van der Waals surface area contributed by atoms with Crippen LogP contribution < -0.4 is 0 Å². The van der Waals surface area contributed by atoms with E-state index in [1.807, 2.05) is 6.92 Å². The summed E-state index contributed by atoms with van der Waals surface area (Å²) < 4.78 is 5.52. The average molecular weight is 188 g/mol. The normalized spacial score (nSPS) is 29.3. The molecule has 2 rings (SSSR count). The van der Waals surface area contributed by atoms with E-state index in [4.69, 9.17) is 4.74 Å².